The van der Waals surface area contributed by atoms with Gasteiger partial charge >= 0.3 is 0 Å². The van der Waals surface area contributed by atoms with Crippen molar-refractivity contribution in [2.24, 2.45) is 0 Å². The molecule has 0 heterocycles. The molecular formula is C22H21NO3. The summed E-state index contributed by atoms with van der Waals surface area (Å²) in [7, 11) is 0. The van der Waals surface area contributed by atoms with E-state index >= 15 is 0 Å². The summed E-state index contributed by atoms with van der Waals surface area (Å²) in [5.74, 6) is 0.635. The lowest BCUT2D eigenvalue weighted by molar-refractivity contribution is -0.384. The number of non-ortho nitro benzene ring substituents is 1. The van der Waals surface area contributed by atoms with Crippen LogP contribution in [0.4, 0.5) is 5.69 Å². The summed E-state index contributed by atoms with van der Waals surface area (Å²) in [5, 5.41) is 20.2. The molecule has 3 aromatic carbocycles. The maximum atomic E-state index is 10.8. The molecule has 0 radical (unpaired) electrons. The van der Waals surface area contributed by atoms with Crippen molar-refractivity contribution in [2.75, 3.05) is 0 Å². The van der Waals surface area contributed by atoms with Gasteiger partial charge in [0.25, 0.3) is 5.69 Å². The van der Waals surface area contributed by atoms with Gasteiger partial charge in [-0.05, 0) is 71.3 Å². The van der Waals surface area contributed by atoms with Crippen molar-refractivity contribution in [3.63, 3.8) is 0 Å². The first kappa shape index (κ1) is 17.7. The molecule has 4 nitrogen and oxygen atoms in total. The molecule has 0 aromatic heterocycles. The summed E-state index contributed by atoms with van der Waals surface area (Å²) in [6, 6.07) is 20.3. The fourth-order valence-electron chi connectivity index (χ4n) is 3.28. The van der Waals surface area contributed by atoms with Crippen LogP contribution in [0.3, 0.4) is 0 Å². The van der Waals surface area contributed by atoms with Gasteiger partial charge < -0.3 is 5.11 Å². The zero-order valence-electron chi connectivity index (χ0n) is 14.8. The second-order valence-electron chi connectivity index (χ2n) is 6.65. The van der Waals surface area contributed by atoms with Gasteiger partial charge in [-0.3, -0.25) is 10.1 Å². The maximum absolute atomic E-state index is 10.8. The molecule has 1 unspecified atom stereocenters. The number of nitro benzene ring substituents is 1. The standard InChI is InChI=1S/C22H21NO3/c1-15(13-17-3-10-21(24)11-4-17)22-12-7-19(14-16(22)2)18-5-8-20(9-6-18)23(25)26/h3-12,14-15,24H,13H2,1-2H3. The fourth-order valence-corrected chi connectivity index (χ4v) is 3.28. The molecule has 1 atom stereocenters. The van der Waals surface area contributed by atoms with Gasteiger partial charge in [-0.1, -0.05) is 37.3 Å². The number of rotatable bonds is 5. The molecule has 0 saturated carbocycles. The van der Waals surface area contributed by atoms with Crippen LogP contribution in [-0.2, 0) is 6.42 Å². The minimum absolute atomic E-state index is 0.101. The number of hydrogen-bond donors (Lipinski definition) is 1. The van der Waals surface area contributed by atoms with Crippen molar-refractivity contribution in [2.45, 2.75) is 26.2 Å². The quantitative estimate of drug-likeness (QED) is 0.481. The van der Waals surface area contributed by atoms with E-state index in [2.05, 4.69) is 32.0 Å². The third kappa shape index (κ3) is 3.91. The largest absolute Gasteiger partial charge is 0.508 e. The van der Waals surface area contributed by atoms with Gasteiger partial charge in [-0.15, -0.1) is 0 Å². The molecule has 4 heteroatoms. The topological polar surface area (TPSA) is 63.4 Å². The molecule has 3 aromatic rings. The summed E-state index contributed by atoms with van der Waals surface area (Å²) in [6.07, 6.45) is 0.901. The molecule has 0 aliphatic rings. The Morgan fingerprint density at radius 2 is 1.58 bits per heavy atom. The van der Waals surface area contributed by atoms with Crippen LogP contribution < -0.4 is 0 Å². The minimum atomic E-state index is -0.386. The average molecular weight is 347 g/mol. The molecule has 0 amide bonds. The number of nitrogens with zero attached hydrogens (tertiary/aromatic N) is 1. The number of nitro groups is 1. The Morgan fingerprint density at radius 1 is 0.962 bits per heavy atom. The van der Waals surface area contributed by atoms with E-state index < -0.39 is 0 Å². The Bertz CT molecular complexity index is 915. The van der Waals surface area contributed by atoms with Crippen LogP contribution in [0.1, 0.15) is 29.5 Å². The van der Waals surface area contributed by atoms with Crippen molar-refractivity contribution < 1.29 is 10.0 Å². The van der Waals surface area contributed by atoms with Gasteiger partial charge in [0.2, 0.25) is 0 Å². The van der Waals surface area contributed by atoms with Crippen LogP contribution in [0.25, 0.3) is 11.1 Å². The lowest BCUT2D eigenvalue weighted by atomic mass is 9.89. The SMILES string of the molecule is Cc1cc(-c2ccc([N+](=O)[O-])cc2)ccc1C(C)Cc1ccc(O)cc1. The van der Waals surface area contributed by atoms with E-state index in [-0.39, 0.29) is 16.4 Å². The van der Waals surface area contributed by atoms with E-state index in [0.29, 0.717) is 5.92 Å². The Morgan fingerprint density at radius 3 is 2.15 bits per heavy atom. The van der Waals surface area contributed by atoms with E-state index in [1.54, 1.807) is 24.3 Å². The van der Waals surface area contributed by atoms with Gasteiger partial charge in [0.1, 0.15) is 5.75 Å². The van der Waals surface area contributed by atoms with E-state index in [1.165, 1.54) is 28.8 Å². The van der Waals surface area contributed by atoms with Crippen LogP contribution in [0.15, 0.2) is 66.7 Å². The first-order valence-electron chi connectivity index (χ1n) is 8.57. The Hall–Kier alpha value is -3.14. The second-order valence-corrected chi connectivity index (χ2v) is 6.65. The molecular weight excluding hydrogens is 326 g/mol. The van der Waals surface area contributed by atoms with E-state index in [1.807, 2.05) is 12.1 Å². The molecule has 0 aliphatic heterocycles. The number of hydrogen-bond acceptors (Lipinski definition) is 3. The number of aromatic hydroxyl groups is 1. The van der Waals surface area contributed by atoms with Crippen LogP contribution in [0, 0.1) is 17.0 Å². The average Bonchev–Trinajstić information content (AvgIpc) is 2.63. The third-order valence-corrected chi connectivity index (χ3v) is 4.69. The fraction of sp³-hybridized carbons (Fsp3) is 0.182. The lowest BCUT2D eigenvalue weighted by Gasteiger charge is -2.16. The Labute approximate surface area is 152 Å². The Kier molecular flexibility index (Phi) is 5.03. The van der Waals surface area contributed by atoms with Crippen molar-refractivity contribution in [3.8, 4) is 16.9 Å². The zero-order chi connectivity index (χ0) is 18.7. The molecule has 0 bridgehead atoms. The predicted octanol–water partition coefficient (Wildman–Crippen LogP) is 5.62. The van der Waals surface area contributed by atoms with Crippen LogP contribution >= 0.6 is 0 Å². The summed E-state index contributed by atoms with van der Waals surface area (Å²) in [5.41, 5.74) is 5.80. The van der Waals surface area contributed by atoms with Crippen LogP contribution in [0.2, 0.25) is 0 Å². The van der Waals surface area contributed by atoms with Gasteiger partial charge in [-0.2, -0.15) is 0 Å². The highest BCUT2D eigenvalue weighted by molar-refractivity contribution is 5.66. The van der Waals surface area contributed by atoms with Crippen molar-refractivity contribution >= 4 is 5.69 Å². The van der Waals surface area contributed by atoms with Crippen LogP contribution in [-0.4, -0.2) is 10.0 Å². The van der Waals surface area contributed by atoms with Crippen molar-refractivity contribution in [3.05, 3.63) is 93.5 Å². The number of phenols is 1. The normalized spacial score (nSPS) is 11.9. The number of phenolic OH excluding ortho intramolecular Hbond substituents is 1. The molecule has 0 spiro atoms. The number of benzene rings is 3. The highest BCUT2D eigenvalue weighted by Gasteiger charge is 2.11. The van der Waals surface area contributed by atoms with Crippen molar-refractivity contribution in [1.29, 1.82) is 0 Å². The molecule has 0 fully saturated rings. The molecule has 0 saturated heterocycles. The first-order valence-corrected chi connectivity index (χ1v) is 8.57. The summed E-state index contributed by atoms with van der Waals surface area (Å²) in [6.45, 7) is 4.29. The Balaban J connectivity index is 1.80. The summed E-state index contributed by atoms with van der Waals surface area (Å²) in [4.78, 5) is 10.4. The van der Waals surface area contributed by atoms with Gasteiger partial charge in [0, 0.05) is 12.1 Å². The van der Waals surface area contributed by atoms with E-state index in [0.717, 1.165) is 17.5 Å². The smallest absolute Gasteiger partial charge is 0.269 e. The molecule has 0 aliphatic carbocycles. The zero-order valence-corrected chi connectivity index (χ0v) is 14.8. The van der Waals surface area contributed by atoms with Gasteiger partial charge in [-0.25, -0.2) is 0 Å². The van der Waals surface area contributed by atoms with Crippen molar-refractivity contribution in [1.82, 2.24) is 0 Å². The summed E-state index contributed by atoms with van der Waals surface area (Å²) < 4.78 is 0. The van der Waals surface area contributed by atoms with Crippen LogP contribution in [0.5, 0.6) is 5.75 Å². The molecule has 3 rings (SSSR count). The molecule has 132 valence electrons. The molecule has 1 N–H and O–H groups in total. The molecule has 26 heavy (non-hydrogen) atoms. The van der Waals surface area contributed by atoms with Gasteiger partial charge in [0.05, 0.1) is 4.92 Å². The minimum Gasteiger partial charge on any atom is -0.508 e. The highest BCUT2D eigenvalue weighted by Crippen LogP contribution is 2.29. The van der Waals surface area contributed by atoms with E-state index in [9.17, 15) is 15.2 Å². The number of aryl methyl sites for hydroxylation is 1. The van der Waals surface area contributed by atoms with Gasteiger partial charge in [0.15, 0.2) is 0 Å². The first-order chi connectivity index (χ1) is 12.4. The monoisotopic (exact) mass is 347 g/mol. The summed E-state index contributed by atoms with van der Waals surface area (Å²) >= 11 is 0. The predicted molar refractivity (Wildman–Crippen MR) is 103 cm³/mol. The highest BCUT2D eigenvalue weighted by atomic mass is 16.6. The maximum Gasteiger partial charge on any atom is 0.269 e. The lowest BCUT2D eigenvalue weighted by Crippen LogP contribution is -2.01. The second kappa shape index (κ2) is 7.40. The third-order valence-electron chi connectivity index (χ3n) is 4.69. The van der Waals surface area contributed by atoms with E-state index in [4.69, 9.17) is 0 Å².